The van der Waals surface area contributed by atoms with Gasteiger partial charge in [0.25, 0.3) is 0 Å². The van der Waals surface area contributed by atoms with Gasteiger partial charge in [0, 0.05) is 0 Å². The summed E-state index contributed by atoms with van der Waals surface area (Å²) in [6.45, 7) is 2.46. The minimum Gasteiger partial charge on any atom is -0.317 e. The molecule has 13 heavy (non-hydrogen) atoms. The molecule has 0 amide bonds. The molecule has 1 saturated heterocycles. The quantitative estimate of drug-likeness (QED) is 0.666. The molecule has 1 nitrogen and oxygen atoms in total. The van der Waals surface area contributed by atoms with Crippen LogP contribution in [0.1, 0.15) is 24.0 Å². The third-order valence-corrected chi connectivity index (χ3v) is 4.47. The van der Waals surface area contributed by atoms with Crippen LogP contribution in [0.5, 0.6) is 0 Å². The fraction of sp³-hybridized carbons (Fsp3) is 0.636. The second-order valence-electron chi connectivity index (χ2n) is 4.53. The zero-order chi connectivity index (χ0) is 8.73. The molecule has 2 aliphatic rings. The molecule has 1 aliphatic heterocycles. The highest BCUT2D eigenvalue weighted by Crippen LogP contribution is 2.44. The standard InChI is InChI=1S/C11H15NS/c1-3-12-4-2-11(1)5-9-7-13-8-10(9)6-11/h7-8,12H,1-6H2. The molecule has 0 radical (unpaired) electrons. The number of hydrogen-bond acceptors (Lipinski definition) is 2. The van der Waals surface area contributed by atoms with Gasteiger partial charge in [0.1, 0.15) is 0 Å². The van der Waals surface area contributed by atoms with Crippen LogP contribution in [0.25, 0.3) is 0 Å². The van der Waals surface area contributed by atoms with E-state index < -0.39 is 0 Å². The van der Waals surface area contributed by atoms with E-state index in [9.17, 15) is 0 Å². The Labute approximate surface area is 83.2 Å². The Hall–Kier alpha value is -0.340. The zero-order valence-electron chi connectivity index (χ0n) is 7.81. The highest BCUT2D eigenvalue weighted by atomic mass is 32.1. The van der Waals surface area contributed by atoms with E-state index in [2.05, 4.69) is 16.1 Å². The van der Waals surface area contributed by atoms with Gasteiger partial charge in [-0.3, -0.25) is 0 Å². The monoisotopic (exact) mass is 193 g/mol. The van der Waals surface area contributed by atoms with Gasteiger partial charge >= 0.3 is 0 Å². The molecule has 1 aromatic rings. The van der Waals surface area contributed by atoms with Crippen molar-refractivity contribution in [2.45, 2.75) is 25.7 Å². The van der Waals surface area contributed by atoms with E-state index in [4.69, 9.17) is 0 Å². The normalized spacial score (nSPS) is 24.9. The third kappa shape index (κ3) is 1.24. The molecule has 1 aromatic heterocycles. The Balaban J connectivity index is 1.86. The molecular formula is C11H15NS. The summed E-state index contributed by atoms with van der Waals surface area (Å²) in [4.78, 5) is 0. The van der Waals surface area contributed by atoms with Crippen LogP contribution in [0.4, 0.5) is 0 Å². The van der Waals surface area contributed by atoms with Crippen LogP contribution in [0, 0.1) is 5.41 Å². The first-order valence-corrected chi connectivity index (χ1v) is 6.07. The first-order chi connectivity index (χ1) is 6.38. The minimum atomic E-state index is 0.657. The van der Waals surface area contributed by atoms with Crippen molar-refractivity contribution >= 4 is 11.3 Å². The lowest BCUT2D eigenvalue weighted by molar-refractivity contribution is 0.216. The molecule has 1 aliphatic carbocycles. The van der Waals surface area contributed by atoms with Gasteiger partial charge in [-0.1, -0.05) is 0 Å². The van der Waals surface area contributed by atoms with Gasteiger partial charge in [0.15, 0.2) is 0 Å². The predicted molar refractivity (Wildman–Crippen MR) is 56.3 cm³/mol. The molecule has 1 N–H and O–H groups in total. The molecule has 70 valence electrons. The average molecular weight is 193 g/mol. The summed E-state index contributed by atoms with van der Waals surface area (Å²) in [5, 5.41) is 8.16. The van der Waals surface area contributed by atoms with Crippen molar-refractivity contribution < 1.29 is 0 Å². The van der Waals surface area contributed by atoms with E-state index in [1.807, 2.05) is 11.3 Å². The van der Waals surface area contributed by atoms with E-state index >= 15 is 0 Å². The topological polar surface area (TPSA) is 12.0 Å². The molecular weight excluding hydrogens is 178 g/mol. The van der Waals surface area contributed by atoms with E-state index in [0.29, 0.717) is 5.41 Å². The summed E-state index contributed by atoms with van der Waals surface area (Å²) in [5.41, 5.74) is 3.95. The molecule has 1 fully saturated rings. The summed E-state index contributed by atoms with van der Waals surface area (Å²) in [5.74, 6) is 0. The zero-order valence-corrected chi connectivity index (χ0v) is 8.62. The molecule has 1 spiro atoms. The van der Waals surface area contributed by atoms with Crippen molar-refractivity contribution in [1.29, 1.82) is 0 Å². The fourth-order valence-corrected chi connectivity index (χ4v) is 3.71. The first kappa shape index (κ1) is 8.01. The Morgan fingerprint density at radius 1 is 1.08 bits per heavy atom. The van der Waals surface area contributed by atoms with Crippen molar-refractivity contribution in [2.75, 3.05) is 13.1 Å². The maximum Gasteiger partial charge on any atom is -0.00434 e. The van der Waals surface area contributed by atoms with Gasteiger partial charge in [0.2, 0.25) is 0 Å². The molecule has 0 unspecified atom stereocenters. The van der Waals surface area contributed by atoms with Gasteiger partial charge < -0.3 is 5.32 Å². The van der Waals surface area contributed by atoms with Crippen molar-refractivity contribution in [1.82, 2.24) is 5.32 Å². The van der Waals surface area contributed by atoms with Crippen LogP contribution in [0.3, 0.4) is 0 Å². The Morgan fingerprint density at radius 2 is 1.69 bits per heavy atom. The SMILES string of the molecule is c1scc2c1CC1(CCNCC1)C2. The summed E-state index contributed by atoms with van der Waals surface area (Å²) >= 11 is 1.87. The Kier molecular flexibility index (Phi) is 1.74. The van der Waals surface area contributed by atoms with Gasteiger partial charge in [0.05, 0.1) is 0 Å². The summed E-state index contributed by atoms with van der Waals surface area (Å²) < 4.78 is 0. The van der Waals surface area contributed by atoms with Crippen LogP contribution >= 0.6 is 11.3 Å². The largest absolute Gasteiger partial charge is 0.317 e. The van der Waals surface area contributed by atoms with Crippen LogP contribution in [-0.2, 0) is 12.8 Å². The summed E-state index contributed by atoms with van der Waals surface area (Å²) in [6, 6.07) is 0. The lowest BCUT2D eigenvalue weighted by atomic mass is 9.76. The number of rotatable bonds is 0. The number of fused-ring (bicyclic) bond motifs is 1. The van der Waals surface area contributed by atoms with Crippen LogP contribution < -0.4 is 5.32 Å². The Bertz CT molecular complexity index is 287. The fourth-order valence-electron chi connectivity index (χ4n) is 2.84. The van der Waals surface area contributed by atoms with Crippen LogP contribution in [0.2, 0.25) is 0 Å². The van der Waals surface area contributed by atoms with Crippen molar-refractivity contribution in [3.8, 4) is 0 Å². The van der Waals surface area contributed by atoms with Gasteiger partial charge in [-0.25, -0.2) is 0 Å². The highest BCUT2D eigenvalue weighted by Gasteiger charge is 2.38. The second-order valence-corrected chi connectivity index (χ2v) is 5.27. The summed E-state index contributed by atoms with van der Waals surface area (Å²) in [7, 11) is 0. The minimum absolute atomic E-state index is 0.657. The van der Waals surface area contributed by atoms with Crippen molar-refractivity contribution in [2.24, 2.45) is 5.41 Å². The first-order valence-electron chi connectivity index (χ1n) is 5.13. The number of piperidine rings is 1. The van der Waals surface area contributed by atoms with Crippen LogP contribution in [-0.4, -0.2) is 13.1 Å². The molecule has 2 heterocycles. The van der Waals surface area contributed by atoms with E-state index in [1.165, 1.54) is 38.8 Å². The molecule has 3 rings (SSSR count). The molecule has 2 heteroatoms. The smallest absolute Gasteiger partial charge is 0.00434 e. The second kappa shape index (κ2) is 2.82. The van der Waals surface area contributed by atoms with E-state index in [0.717, 1.165) is 0 Å². The van der Waals surface area contributed by atoms with E-state index in [-0.39, 0.29) is 0 Å². The predicted octanol–water partition coefficient (Wildman–Crippen LogP) is 2.22. The van der Waals surface area contributed by atoms with Gasteiger partial charge in [-0.15, -0.1) is 0 Å². The summed E-state index contributed by atoms with van der Waals surface area (Å²) in [6.07, 6.45) is 5.47. The molecule has 0 aromatic carbocycles. The Morgan fingerprint density at radius 3 is 2.31 bits per heavy atom. The van der Waals surface area contributed by atoms with Crippen LogP contribution in [0.15, 0.2) is 10.8 Å². The maximum atomic E-state index is 3.46. The van der Waals surface area contributed by atoms with Gasteiger partial charge in [-0.2, -0.15) is 11.3 Å². The number of nitrogens with one attached hydrogen (secondary N) is 1. The van der Waals surface area contributed by atoms with Gasteiger partial charge in [-0.05, 0) is 66.1 Å². The van der Waals surface area contributed by atoms with Crippen molar-refractivity contribution in [3.05, 3.63) is 21.9 Å². The molecule has 0 bridgehead atoms. The highest BCUT2D eigenvalue weighted by molar-refractivity contribution is 7.08. The molecule has 0 saturated carbocycles. The average Bonchev–Trinajstić information content (AvgIpc) is 2.64. The maximum absolute atomic E-state index is 3.46. The number of thiophene rings is 1. The van der Waals surface area contributed by atoms with E-state index in [1.54, 1.807) is 11.1 Å². The number of hydrogen-bond donors (Lipinski definition) is 1. The lowest BCUT2D eigenvalue weighted by Gasteiger charge is -2.33. The van der Waals surface area contributed by atoms with Crippen molar-refractivity contribution in [3.63, 3.8) is 0 Å². The third-order valence-electron chi connectivity index (χ3n) is 3.63. The lowest BCUT2D eigenvalue weighted by Crippen LogP contribution is -2.37. The molecule has 0 atom stereocenters.